The predicted molar refractivity (Wildman–Crippen MR) is 103 cm³/mol. The van der Waals surface area contributed by atoms with Crippen molar-refractivity contribution in [3.63, 3.8) is 0 Å². The van der Waals surface area contributed by atoms with E-state index >= 15 is 0 Å². The number of hydrogen-bond acceptors (Lipinski definition) is 5. The molecule has 140 valence electrons. The van der Waals surface area contributed by atoms with Gasteiger partial charge in [0.05, 0.1) is 0 Å². The number of benzene rings is 3. The van der Waals surface area contributed by atoms with E-state index in [1.165, 1.54) is 24.3 Å². The smallest absolute Gasteiger partial charge is 0.122 e. The van der Waals surface area contributed by atoms with Crippen molar-refractivity contribution in [1.82, 2.24) is 0 Å². The molecule has 0 unspecified atom stereocenters. The molecule has 0 radical (unpaired) electrons. The van der Waals surface area contributed by atoms with E-state index in [2.05, 4.69) is 0 Å². The zero-order valence-corrected chi connectivity index (χ0v) is 15.0. The van der Waals surface area contributed by atoms with Gasteiger partial charge in [-0.25, -0.2) is 0 Å². The Morgan fingerprint density at radius 3 is 1.63 bits per heavy atom. The standard InChI is InChI=1S/C22H22O5/c1-2-14-7-13(8-15-3-5-18(23)11-20(15)25)9-17(22(14)27)10-16-4-6-19(24)12-21(16)26/h3-7,9,11-12,23-27H,2,8,10H2,1H3. The van der Waals surface area contributed by atoms with Gasteiger partial charge in [-0.15, -0.1) is 0 Å². The van der Waals surface area contributed by atoms with Crippen LogP contribution in [0.1, 0.15) is 34.7 Å². The van der Waals surface area contributed by atoms with Crippen LogP contribution in [0.5, 0.6) is 28.7 Å². The Morgan fingerprint density at radius 1 is 0.593 bits per heavy atom. The molecule has 0 fully saturated rings. The molecule has 0 spiro atoms. The van der Waals surface area contributed by atoms with Gasteiger partial charge in [-0.2, -0.15) is 0 Å². The summed E-state index contributed by atoms with van der Waals surface area (Å²) < 4.78 is 0. The highest BCUT2D eigenvalue weighted by atomic mass is 16.3. The number of hydrogen-bond donors (Lipinski definition) is 5. The summed E-state index contributed by atoms with van der Waals surface area (Å²) in [5, 5.41) is 49.5. The van der Waals surface area contributed by atoms with Crippen molar-refractivity contribution >= 4 is 0 Å². The van der Waals surface area contributed by atoms with Crippen molar-refractivity contribution in [2.75, 3.05) is 0 Å². The van der Waals surface area contributed by atoms with Gasteiger partial charge in [0, 0.05) is 25.0 Å². The summed E-state index contributed by atoms with van der Waals surface area (Å²) in [6.45, 7) is 1.94. The van der Waals surface area contributed by atoms with Crippen LogP contribution in [-0.4, -0.2) is 25.5 Å². The van der Waals surface area contributed by atoms with E-state index in [-0.39, 0.29) is 28.7 Å². The third-order valence-corrected chi connectivity index (χ3v) is 4.62. The lowest BCUT2D eigenvalue weighted by molar-refractivity contribution is 0.445. The number of phenolic OH excluding ortho intramolecular Hbond substituents is 5. The Balaban J connectivity index is 1.97. The summed E-state index contributed by atoms with van der Waals surface area (Å²) in [6, 6.07) is 12.6. The maximum atomic E-state index is 10.6. The predicted octanol–water partition coefficient (Wildman–Crippen LogP) is 3.96. The van der Waals surface area contributed by atoms with Crippen LogP contribution in [0.3, 0.4) is 0 Å². The third-order valence-electron chi connectivity index (χ3n) is 4.62. The average Bonchev–Trinajstić information content (AvgIpc) is 2.62. The minimum absolute atomic E-state index is 0.000280. The second-order valence-electron chi connectivity index (χ2n) is 6.60. The van der Waals surface area contributed by atoms with E-state index in [0.717, 1.165) is 11.1 Å². The quantitative estimate of drug-likeness (QED) is 0.470. The van der Waals surface area contributed by atoms with Gasteiger partial charge in [0.2, 0.25) is 0 Å². The molecule has 5 N–H and O–H groups in total. The van der Waals surface area contributed by atoms with Gasteiger partial charge in [-0.1, -0.05) is 31.2 Å². The topological polar surface area (TPSA) is 101 Å². The second kappa shape index (κ2) is 7.50. The molecule has 0 aromatic heterocycles. The zero-order chi connectivity index (χ0) is 19.6. The van der Waals surface area contributed by atoms with Crippen molar-refractivity contribution in [1.29, 1.82) is 0 Å². The molecular weight excluding hydrogens is 344 g/mol. The molecule has 3 rings (SSSR count). The summed E-state index contributed by atoms with van der Waals surface area (Å²) in [7, 11) is 0. The van der Waals surface area contributed by atoms with Crippen LogP contribution in [0.4, 0.5) is 0 Å². The molecule has 3 aromatic carbocycles. The third kappa shape index (κ3) is 4.08. The molecule has 0 bridgehead atoms. The minimum Gasteiger partial charge on any atom is -0.508 e. The van der Waals surface area contributed by atoms with Gasteiger partial charge in [-0.05, 0) is 46.4 Å². The minimum atomic E-state index is -0.0333. The van der Waals surface area contributed by atoms with E-state index < -0.39 is 0 Å². The van der Waals surface area contributed by atoms with E-state index in [9.17, 15) is 25.5 Å². The van der Waals surface area contributed by atoms with Crippen LogP contribution in [0.2, 0.25) is 0 Å². The van der Waals surface area contributed by atoms with Crippen LogP contribution in [0, 0.1) is 0 Å². The lowest BCUT2D eigenvalue weighted by atomic mass is 9.94. The van der Waals surface area contributed by atoms with Gasteiger partial charge in [0.1, 0.15) is 28.7 Å². The van der Waals surface area contributed by atoms with E-state index in [1.54, 1.807) is 12.1 Å². The first-order valence-corrected chi connectivity index (χ1v) is 8.72. The molecule has 3 aromatic rings. The molecule has 0 heterocycles. The molecule has 0 amide bonds. The fourth-order valence-electron chi connectivity index (χ4n) is 3.17. The zero-order valence-electron chi connectivity index (χ0n) is 15.0. The van der Waals surface area contributed by atoms with Crippen LogP contribution in [0.25, 0.3) is 0 Å². The van der Waals surface area contributed by atoms with Gasteiger partial charge in [-0.3, -0.25) is 0 Å². The van der Waals surface area contributed by atoms with E-state index in [1.807, 2.05) is 19.1 Å². The average molecular weight is 366 g/mol. The van der Waals surface area contributed by atoms with E-state index in [4.69, 9.17) is 0 Å². The SMILES string of the molecule is CCc1cc(Cc2ccc(O)cc2O)cc(Cc2ccc(O)cc2O)c1O. The Bertz CT molecular complexity index is 979. The van der Waals surface area contributed by atoms with Gasteiger partial charge in [0.15, 0.2) is 0 Å². The number of phenols is 5. The lowest BCUT2D eigenvalue weighted by Gasteiger charge is -2.14. The maximum Gasteiger partial charge on any atom is 0.122 e. The molecule has 0 atom stereocenters. The first kappa shape index (κ1) is 18.5. The molecule has 0 aliphatic heterocycles. The normalized spacial score (nSPS) is 10.9. The number of rotatable bonds is 5. The number of aromatic hydroxyl groups is 5. The fourth-order valence-corrected chi connectivity index (χ4v) is 3.17. The largest absolute Gasteiger partial charge is 0.508 e. The Kier molecular flexibility index (Phi) is 5.12. The fraction of sp³-hybridized carbons (Fsp3) is 0.182. The lowest BCUT2D eigenvalue weighted by Crippen LogP contribution is -1.98. The highest BCUT2D eigenvalue weighted by Crippen LogP contribution is 2.33. The molecule has 5 heteroatoms. The Morgan fingerprint density at radius 2 is 1.11 bits per heavy atom. The molecule has 0 saturated carbocycles. The summed E-state index contributed by atoms with van der Waals surface area (Å²) >= 11 is 0. The molecule has 0 saturated heterocycles. The summed E-state index contributed by atoms with van der Waals surface area (Å²) in [5.41, 5.74) is 3.59. The first-order chi connectivity index (χ1) is 12.9. The van der Waals surface area contributed by atoms with Gasteiger partial charge in [0.25, 0.3) is 0 Å². The maximum absolute atomic E-state index is 10.6. The summed E-state index contributed by atoms with van der Waals surface area (Å²) in [4.78, 5) is 0. The van der Waals surface area contributed by atoms with Crippen molar-refractivity contribution in [2.45, 2.75) is 26.2 Å². The Labute approximate surface area is 157 Å². The highest BCUT2D eigenvalue weighted by molar-refractivity contribution is 5.50. The molecule has 0 aliphatic rings. The van der Waals surface area contributed by atoms with Crippen LogP contribution in [-0.2, 0) is 19.3 Å². The molecule has 5 nitrogen and oxygen atoms in total. The van der Waals surface area contributed by atoms with Crippen molar-refractivity contribution in [2.24, 2.45) is 0 Å². The first-order valence-electron chi connectivity index (χ1n) is 8.72. The van der Waals surface area contributed by atoms with Crippen LogP contribution < -0.4 is 0 Å². The van der Waals surface area contributed by atoms with Crippen LogP contribution >= 0.6 is 0 Å². The molecular formula is C22H22O5. The van der Waals surface area contributed by atoms with Gasteiger partial charge < -0.3 is 25.5 Å². The van der Waals surface area contributed by atoms with Gasteiger partial charge >= 0.3 is 0 Å². The number of aryl methyl sites for hydroxylation is 1. The molecule has 27 heavy (non-hydrogen) atoms. The monoisotopic (exact) mass is 366 g/mol. The van der Waals surface area contributed by atoms with Crippen molar-refractivity contribution in [3.05, 3.63) is 76.3 Å². The Hall–Kier alpha value is -3.34. The molecule has 0 aliphatic carbocycles. The van der Waals surface area contributed by atoms with E-state index in [0.29, 0.717) is 36.0 Å². The van der Waals surface area contributed by atoms with Crippen LogP contribution in [0.15, 0.2) is 48.5 Å². The van der Waals surface area contributed by atoms with Crippen molar-refractivity contribution in [3.8, 4) is 28.7 Å². The summed E-state index contributed by atoms with van der Waals surface area (Å²) in [6.07, 6.45) is 1.38. The summed E-state index contributed by atoms with van der Waals surface area (Å²) in [5.74, 6) is 0.141. The highest BCUT2D eigenvalue weighted by Gasteiger charge is 2.13. The second-order valence-corrected chi connectivity index (χ2v) is 6.60. The van der Waals surface area contributed by atoms with Crippen molar-refractivity contribution < 1.29 is 25.5 Å².